The van der Waals surface area contributed by atoms with Crippen LogP contribution in [0.15, 0.2) is 54.9 Å². The zero-order chi connectivity index (χ0) is 13.1. The van der Waals surface area contributed by atoms with Gasteiger partial charge in [0, 0.05) is 30.9 Å². The van der Waals surface area contributed by atoms with Gasteiger partial charge in [0.15, 0.2) is 0 Å². The van der Waals surface area contributed by atoms with Gasteiger partial charge in [-0.3, -0.25) is 4.98 Å². The molecule has 2 aromatic heterocycles. The molecule has 0 aliphatic carbocycles. The molecule has 0 fully saturated rings. The molecule has 2 heterocycles. The lowest BCUT2D eigenvalue weighted by Gasteiger charge is -2.09. The molecule has 0 saturated heterocycles. The highest BCUT2D eigenvalue weighted by molar-refractivity contribution is 5.85. The molecule has 3 aromatic rings. The maximum atomic E-state index is 5.91. The molecule has 4 nitrogen and oxygen atoms in total. The fraction of sp³-hybridized carbons (Fsp3) is 0.0667. The Balaban J connectivity index is 2.01. The van der Waals surface area contributed by atoms with Gasteiger partial charge in [-0.05, 0) is 30.3 Å². The van der Waals surface area contributed by atoms with Crippen molar-refractivity contribution in [3.05, 3.63) is 54.9 Å². The van der Waals surface area contributed by atoms with Gasteiger partial charge in [0.05, 0.1) is 5.52 Å². The Bertz CT molecular complexity index is 707. The highest BCUT2D eigenvalue weighted by atomic mass is 16.5. The molecule has 0 amide bonds. The summed E-state index contributed by atoms with van der Waals surface area (Å²) in [6, 6.07) is 13.4. The Kier molecular flexibility index (Phi) is 2.98. The van der Waals surface area contributed by atoms with Crippen molar-refractivity contribution in [1.29, 1.82) is 0 Å². The van der Waals surface area contributed by atoms with Crippen LogP contribution in [0.2, 0.25) is 0 Å². The minimum atomic E-state index is 0.746. The lowest BCUT2D eigenvalue weighted by atomic mass is 10.2. The first-order valence-corrected chi connectivity index (χ1v) is 6.02. The average Bonchev–Trinajstić information content (AvgIpc) is 2.48. The molecular weight excluding hydrogens is 238 g/mol. The average molecular weight is 251 g/mol. The number of benzene rings is 1. The smallest absolute Gasteiger partial charge is 0.136 e. The summed E-state index contributed by atoms with van der Waals surface area (Å²) in [6.07, 6.45) is 3.49. The molecule has 0 atom stereocenters. The van der Waals surface area contributed by atoms with Crippen molar-refractivity contribution in [2.24, 2.45) is 0 Å². The Morgan fingerprint density at radius 2 is 1.95 bits per heavy atom. The summed E-state index contributed by atoms with van der Waals surface area (Å²) in [5, 5.41) is 3.98. The quantitative estimate of drug-likeness (QED) is 0.774. The van der Waals surface area contributed by atoms with Crippen LogP contribution in [0.5, 0.6) is 11.5 Å². The topological polar surface area (TPSA) is 47.0 Å². The predicted octanol–water partition coefficient (Wildman–Crippen LogP) is 3.46. The van der Waals surface area contributed by atoms with E-state index in [-0.39, 0.29) is 0 Å². The first-order valence-electron chi connectivity index (χ1n) is 6.02. The molecular formula is C15H13N3O. The summed E-state index contributed by atoms with van der Waals surface area (Å²) < 4.78 is 5.91. The molecule has 1 aromatic carbocycles. The molecule has 0 unspecified atom stereocenters. The van der Waals surface area contributed by atoms with Gasteiger partial charge in [-0.25, -0.2) is 4.98 Å². The predicted molar refractivity (Wildman–Crippen MR) is 75.6 cm³/mol. The zero-order valence-electron chi connectivity index (χ0n) is 10.5. The van der Waals surface area contributed by atoms with Gasteiger partial charge in [-0.2, -0.15) is 0 Å². The number of fused-ring (bicyclic) bond motifs is 1. The van der Waals surface area contributed by atoms with Crippen LogP contribution in [-0.4, -0.2) is 17.0 Å². The molecule has 0 radical (unpaired) electrons. The van der Waals surface area contributed by atoms with E-state index < -0.39 is 0 Å². The number of anilines is 1. The number of pyridine rings is 2. The fourth-order valence-corrected chi connectivity index (χ4v) is 1.90. The van der Waals surface area contributed by atoms with Crippen LogP contribution in [0, 0.1) is 0 Å². The third-order valence-electron chi connectivity index (χ3n) is 2.82. The Labute approximate surface area is 111 Å². The van der Waals surface area contributed by atoms with Crippen LogP contribution in [0.3, 0.4) is 0 Å². The van der Waals surface area contributed by atoms with Crippen molar-refractivity contribution < 1.29 is 4.74 Å². The van der Waals surface area contributed by atoms with Crippen molar-refractivity contribution in [1.82, 2.24) is 9.97 Å². The summed E-state index contributed by atoms with van der Waals surface area (Å²) in [5.74, 6) is 2.31. The third kappa shape index (κ3) is 2.33. The number of hydrogen-bond donors (Lipinski definition) is 1. The summed E-state index contributed by atoms with van der Waals surface area (Å²) >= 11 is 0. The Hall–Kier alpha value is -2.62. The van der Waals surface area contributed by atoms with E-state index in [0.29, 0.717) is 0 Å². The molecule has 0 saturated carbocycles. The van der Waals surface area contributed by atoms with Gasteiger partial charge < -0.3 is 10.1 Å². The number of nitrogens with zero attached hydrogens (tertiary/aromatic N) is 2. The number of hydrogen-bond acceptors (Lipinski definition) is 4. The van der Waals surface area contributed by atoms with E-state index in [4.69, 9.17) is 4.74 Å². The maximum absolute atomic E-state index is 5.91. The van der Waals surface area contributed by atoms with E-state index in [1.54, 1.807) is 12.4 Å². The molecule has 0 aliphatic heterocycles. The van der Waals surface area contributed by atoms with E-state index in [0.717, 1.165) is 28.2 Å². The maximum Gasteiger partial charge on any atom is 0.136 e. The second-order valence-electron chi connectivity index (χ2n) is 4.06. The standard InChI is InChI=1S/C15H13N3O/c1-16-15-10-11(7-9-18-15)19-14-6-2-5-13-12(14)4-3-8-17-13/h2-10H,1H3,(H,16,18). The summed E-state index contributed by atoms with van der Waals surface area (Å²) in [7, 11) is 1.83. The Morgan fingerprint density at radius 1 is 1.00 bits per heavy atom. The first kappa shape index (κ1) is 11.5. The van der Waals surface area contributed by atoms with E-state index in [1.807, 2.05) is 49.5 Å². The van der Waals surface area contributed by atoms with Gasteiger partial charge >= 0.3 is 0 Å². The summed E-state index contributed by atoms with van der Waals surface area (Å²) in [5.41, 5.74) is 0.919. The van der Waals surface area contributed by atoms with Gasteiger partial charge in [0.1, 0.15) is 17.3 Å². The fourth-order valence-electron chi connectivity index (χ4n) is 1.90. The van der Waals surface area contributed by atoms with Crippen LogP contribution in [-0.2, 0) is 0 Å². The lowest BCUT2D eigenvalue weighted by molar-refractivity contribution is 0.488. The molecule has 19 heavy (non-hydrogen) atoms. The van der Waals surface area contributed by atoms with Gasteiger partial charge in [-0.15, -0.1) is 0 Å². The van der Waals surface area contributed by atoms with E-state index in [1.165, 1.54) is 0 Å². The lowest BCUT2D eigenvalue weighted by Crippen LogP contribution is -1.93. The highest BCUT2D eigenvalue weighted by Gasteiger charge is 2.04. The van der Waals surface area contributed by atoms with Crippen LogP contribution in [0.25, 0.3) is 10.9 Å². The van der Waals surface area contributed by atoms with Crippen molar-refractivity contribution in [3.8, 4) is 11.5 Å². The van der Waals surface area contributed by atoms with E-state index in [2.05, 4.69) is 15.3 Å². The number of rotatable bonds is 3. The highest BCUT2D eigenvalue weighted by Crippen LogP contribution is 2.29. The van der Waals surface area contributed by atoms with Crippen LogP contribution in [0.1, 0.15) is 0 Å². The third-order valence-corrected chi connectivity index (χ3v) is 2.82. The van der Waals surface area contributed by atoms with Crippen molar-refractivity contribution in [3.63, 3.8) is 0 Å². The minimum absolute atomic E-state index is 0.746. The molecule has 0 spiro atoms. The van der Waals surface area contributed by atoms with Crippen LogP contribution < -0.4 is 10.1 Å². The number of aromatic nitrogens is 2. The number of nitrogens with one attached hydrogen (secondary N) is 1. The van der Waals surface area contributed by atoms with Gasteiger partial charge in [-0.1, -0.05) is 6.07 Å². The molecule has 4 heteroatoms. The first-order chi connectivity index (χ1) is 9.36. The minimum Gasteiger partial charge on any atom is -0.456 e. The summed E-state index contributed by atoms with van der Waals surface area (Å²) in [6.45, 7) is 0. The Morgan fingerprint density at radius 3 is 2.84 bits per heavy atom. The number of ether oxygens (including phenoxy) is 1. The normalized spacial score (nSPS) is 10.4. The van der Waals surface area contributed by atoms with Gasteiger partial charge in [0.25, 0.3) is 0 Å². The molecule has 0 aliphatic rings. The molecule has 1 N–H and O–H groups in total. The second-order valence-corrected chi connectivity index (χ2v) is 4.06. The van der Waals surface area contributed by atoms with Crippen molar-refractivity contribution in [2.45, 2.75) is 0 Å². The molecule has 94 valence electrons. The second kappa shape index (κ2) is 4.94. The SMILES string of the molecule is CNc1cc(Oc2cccc3ncccc23)ccn1. The molecule has 3 rings (SSSR count). The van der Waals surface area contributed by atoms with E-state index >= 15 is 0 Å². The largest absolute Gasteiger partial charge is 0.456 e. The molecule has 0 bridgehead atoms. The summed E-state index contributed by atoms with van der Waals surface area (Å²) in [4.78, 5) is 8.47. The van der Waals surface area contributed by atoms with Crippen molar-refractivity contribution >= 4 is 16.7 Å². The van der Waals surface area contributed by atoms with Crippen molar-refractivity contribution in [2.75, 3.05) is 12.4 Å². The zero-order valence-corrected chi connectivity index (χ0v) is 10.5. The van der Waals surface area contributed by atoms with Crippen LogP contribution in [0.4, 0.5) is 5.82 Å². The van der Waals surface area contributed by atoms with Gasteiger partial charge in [0.2, 0.25) is 0 Å². The monoisotopic (exact) mass is 251 g/mol. The van der Waals surface area contributed by atoms with Crippen LogP contribution >= 0.6 is 0 Å². The van der Waals surface area contributed by atoms with E-state index in [9.17, 15) is 0 Å².